The molecule has 2 aromatic rings. The summed E-state index contributed by atoms with van der Waals surface area (Å²) >= 11 is 10.8. The lowest BCUT2D eigenvalue weighted by molar-refractivity contribution is 0.412. The molecule has 1 N–H and O–H groups in total. The maximum Gasteiger partial charge on any atom is 0.132 e. The Morgan fingerprint density at radius 2 is 1.48 bits per heavy atom. The Morgan fingerprint density at radius 3 is 2.05 bits per heavy atom. The van der Waals surface area contributed by atoms with E-state index in [1.807, 2.05) is 26.8 Å². The molecule has 0 fully saturated rings. The molecule has 21 heavy (non-hydrogen) atoms. The number of aromatic hydroxyl groups is 1. The summed E-state index contributed by atoms with van der Waals surface area (Å²) in [4.78, 5) is 0. The number of halogens is 3. The van der Waals surface area contributed by atoms with Gasteiger partial charge in [-0.05, 0) is 85.8 Å². The lowest BCUT2D eigenvalue weighted by atomic mass is 9.94. The van der Waals surface area contributed by atoms with Crippen LogP contribution in [0.1, 0.15) is 16.7 Å². The third-order valence-corrected chi connectivity index (χ3v) is 7.31. The van der Waals surface area contributed by atoms with Gasteiger partial charge in [0, 0.05) is 30.1 Å². The second-order valence-electron chi connectivity index (χ2n) is 4.88. The molecule has 0 aliphatic rings. The predicted octanol–water partition coefficient (Wildman–Crippen LogP) is 6.28. The molecule has 0 unspecified atom stereocenters. The molecule has 112 valence electrons. The smallest absolute Gasteiger partial charge is 0.132 e. The molecular formula is C16H15Br3O2. The molecule has 0 heterocycles. The van der Waals surface area contributed by atoms with E-state index in [1.54, 1.807) is 13.2 Å². The van der Waals surface area contributed by atoms with Crippen molar-refractivity contribution in [1.29, 1.82) is 0 Å². The SMILES string of the molecule is COc1c(C)c(Br)c(Br)c(Br)c1-c1c(O)ccc(C)c1C. The number of hydrogen-bond donors (Lipinski definition) is 1. The number of rotatable bonds is 2. The van der Waals surface area contributed by atoms with Gasteiger partial charge >= 0.3 is 0 Å². The Kier molecular flexibility index (Phi) is 5.06. The first-order valence-corrected chi connectivity index (χ1v) is 8.69. The molecule has 0 saturated carbocycles. The van der Waals surface area contributed by atoms with Crippen LogP contribution < -0.4 is 4.74 Å². The van der Waals surface area contributed by atoms with Crippen molar-refractivity contribution in [2.75, 3.05) is 7.11 Å². The number of phenolic OH excluding ortho intramolecular Hbond substituents is 1. The van der Waals surface area contributed by atoms with Crippen molar-refractivity contribution in [2.24, 2.45) is 0 Å². The standard InChI is InChI=1S/C16H15Br3O2/c1-7-5-6-10(20)11(8(7)2)12-14(18)15(19)13(17)9(3)16(12)21-4/h5-6,20H,1-4H3. The second kappa shape index (κ2) is 6.31. The highest BCUT2D eigenvalue weighted by molar-refractivity contribution is 9.14. The zero-order chi connectivity index (χ0) is 15.9. The average Bonchev–Trinajstić information content (AvgIpc) is 2.46. The van der Waals surface area contributed by atoms with Crippen LogP contribution in [0.4, 0.5) is 0 Å². The quantitative estimate of drug-likeness (QED) is 0.515. The number of benzene rings is 2. The van der Waals surface area contributed by atoms with Gasteiger partial charge in [0.05, 0.1) is 7.11 Å². The van der Waals surface area contributed by atoms with Gasteiger partial charge in [0.2, 0.25) is 0 Å². The topological polar surface area (TPSA) is 29.5 Å². The molecule has 0 aliphatic carbocycles. The Balaban J connectivity index is 2.98. The molecule has 2 rings (SSSR count). The van der Waals surface area contributed by atoms with Crippen LogP contribution in [0.15, 0.2) is 25.6 Å². The van der Waals surface area contributed by atoms with Gasteiger partial charge in [0.1, 0.15) is 11.5 Å². The number of ether oxygens (including phenoxy) is 1. The minimum atomic E-state index is 0.241. The van der Waals surface area contributed by atoms with E-state index in [-0.39, 0.29) is 5.75 Å². The summed E-state index contributed by atoms with van der Waals surface area (Å²) < 4.78 is 8.28. The van der Waals surface area contributed by atoms with Crippen LogP contribution in [0.3, 0.4) is 0 Å². The summed E-state index contributed by atoms with van der Waals surface area (Å²) in [5.74, 6) is 0.978. The first kappa shape index (κ1) is 16.8. The van der Waals surface area contributed by atoms with Crippen molar-refractivity contribution in [3.05, 3.63) is 42.2 Å². The normalized spacial score (nSPS) is 10.8. The monoisotopic (exact) mass is 476 g/mol. The molecular weight excluding hydrogens is 464 g/mol. The Labute approximate surface area is 149 Å². The van der Waals surface area contributed by atoms with Gasteiger partial charge in [-0.2, -0.15) is 0 Å². The maximum absolute atomic E-state index is 10.4. The van der Waals surface area contributed by atoms with E-state index in [1.165, 1.54) is 0 Å². The van der Waals surface area contributed by atoms with Gasteiger partial charge in [-0.1, -0.05) is 6.07 Å². The molecule has 0 aromatic heterocycles. The number of methoxy groups -OCH3 is 1. The maximum atomic E-state index is 10.4. The third-order valence-electron chi connectivity index (χ3n) is 3.67. The molecule has 2 nitrogen and oxygen atoms in total. The van der Waals surface area contributed by atoms with E-state index in [4.69, 9.17) is 4.74 Å². The lowest BCUT2D eigenvalue weighted by Gasteiger charge is -2.20. The Morgan fingerprint density at radius 1 is 0.857 bits per heavy atom. The minimum Gasteiger partial charge on any atom is -0.507 e. The summed E-state index contributed by atoms with van der Waals surface area (Å²) in [6, 6.07) is 3.63. The number of phenols is 1. The minimum absolute atomic E-state index is 0.241. The second-order valence-corrected chi connectivity index (χ2v) is 7.26. The van der Waals surface area contributed by atoms with E-state index < -0.39 is 0 Å². The fourth-order valence-electron chi connectivity index (χ4n) is 2.35. The van der Waals surface area contributed by atoms with Gasteiger partial charge in [-0.15, -0.1) is 0 Å². The van der Waals surface area contributed by atoms with Crippen molar-refractivity contribution in [3.63, 3.8) is 0 Å². The average molecular weight is 479 g/mol. The van der Waals surface area contributed by atoms with Crippen LogP contribution in [0.2, 0.25) is 0 Å². The molecule has 0 amide bonds. The Hall–Kier alpha value is -0.520. The van der Waals surface area contributed by atoms with Crippen molar-refractivity contribution < 1.29 is 9.84 Å². The van der Waals surface area contributed by atoms with Crippen LogP contribution in [0.5, 0.6) is 11.5 Å². The van der Waals surface area contributed by atoms with Crippen molar-refractivity contribution in [3.8, 4) is 22.6 Å². The predicted molar refractivity (Wildman–Crippen MR) is 97.4 cm³/mol. The van der Waals surface area contributed by atoms with Crippen LogP contribution in [0, 0.1) is 20.8 Å². The fourth-order valence-corrected chi connectivity index (χ4v) is 4.07. The molecule has 0 radical (unpaired) electrons. The molecule has 0 spiro atoms. The molecule has 0 bridgehead atoms. The fraction of sp³-hybridized carbons (Fsp3) is 0.250. The summed E-state index contributed by atoms with van der Waals surface area (Å²) in [6.07, 6.45) is 0. The van der Waals surface area contributed by atoms with Crippen LogP contribution in [0.25, 0.3) is 11.1 Å². The van der Waals surface area contributed by atoms with Gasteiger partial charge in [-0.3, -0.25) is 0 Å². The van der Waals surface area contributed by atoms with Crippen LogP contribution in [-0.4, -0.2) is 12.2 Å². The lowest BCUT2D eigenvalue weighted by Crippen LogP contribution is -1.98. The van der Waals surface area contributed by atoms with Crippen molar-refractivity contribution in [2.45, 2.75) is 20.8 Å². The molecule has 0 aliphatic heterocycles. The van der Waals surface area contributed by atoms with E-state index >= 15 is 0 Å². The Bertz CT molecular complexity index is 724. The van der Waals surface area contributed by atoms with Crippen molar-refractivity contribution >= 4 is 47.8 Å². The third kappa shape index (κ3) is 2.76. The van der Waals surface area contributed by atoms with Gasteiger partial charge in [-0.25, -0.2) is 0 Å². The number of hydrogen-bond acceptors (Lipinski definition) is 2. The molecule has 0 atom stereocenters. The van der Waals surface area contributed by atoms with E-state index in [0.717, 1.165) is 47.0 Å². The van der Waals surface area contributed by atoms with Gasteiger partial charge in [0.25, 0.3) is 0 Å². The zero-order valence-electron chi connectivity index (χ0n) is 12.1. The highest BCUT2D eigenvalue weighted by atomic mass is 79.9. The van der Waals surface area contributed by atoms with E-state index in [2.05, 4.69) is 47.8 Å². The summed E-state index contributed by atoms with van der Waals surface area (Å²) in [5, 5.41) is 10.4. The molecule has 5 heteroatoms. The first-order valence-electron chi connectivity index (χ1n) is 6.31. The van der Waals surface area contributed by atoms with Gasteiger partial charge < -0.3 is 9.84 Å². The van der Waals surface area contributed by atoms with Crippen molar-refractivity contribution in [1.82, 2.24) is 0 Å². The molecule has 2 aromatic carbocycles. The zero-order valence-corrected chi connectivity index (χ0v) is 16.9. The highest BCUT2D eigenvalue weighted by Crippen LogP contribution is 2.50. The first-order chi connectivity index (χ1) is 9.81. The highest BCUT2D eigenvalue weighted by Gasteiger charge is 2.23. The molecule has 0 saturated heterocycles. The number of aryl methyl sites for hydroxylation is 1. The largest absolute Gasteiger partial charge is 0.507 e. The summed E-state index contributed by atoms with van der Waals surface area (Å²) in [6.45, 7) is 6.01. The van der Waals surface area contributed by atoms with Gasteiger partial charge in [0.15, 0.2) is 0 Å². The van der Waals surface area contributed by atoms with E-state index in [0.29, 0.717) is 0 Å². The van der Waals surface area contributed by atoms with Crippen LogP contribution >= 0.6 is 47.8 Å². The van der Waals surface area contributed by atoms with E-state index in [9.17, 15) is 5.11 Å². The van der Waals surface area contributed by atoms with Crippen LogP contribution in [-0.2, 0) is 0 Å². The summed E-state index contributed by atoms with van der Waals surface area (Å²) in [5.41, 5.74) is 4.76. The summed E-state index contributed by atoms with van der Waals surface area (Å²) in [7, 11) is 1.64.